The molecule has 2 N–H and O–H groups in total. The Morgan fingerprint density at radius 1 is 0.971 bits per heavy atom. The van der Waals surface area contributed by atoms with Crippen molar-refractivity contribution in [2.24, 2.45) is 0 Å². The highest BCUT2D eigenvalue weighted by Gasteiger charge is 2.13. The molecule has 5 rings (SSSR count). The van der Waals surface area contributed by atoms with Gasteiger partial charge in [-0.25, -0.2) is 9.48 Å². The van der Waals surface area contributed by atoms with Crippen LogP contribution in [0.15, 0.2) is 85.1 Å². The van der Waals surface area contributed by atoms with Gasteiger partial charge in [0.25, 0.3) is 0 Å². The minimum absolute atomic E-state index is 0.228. The second-order valence-corrected chi connectivity index (χ2v) is 7.72. The van der Waals surface area contributed by atoms with Crippen LogP contribution < -0.4 is 24.8 Å². The molecule has 0 saturated carbocycles. The van der Waals surface area contributed by atoms with Gasteiger partial charge >= 0.3 is 6.03 Å². The average Bonchev–Trinajstić information content (AvgIpc) is 3.53. The summed E-state index contributed by atoms with van der Waals surface area (Å²) in [7, 11) is 0. The number of anilines is 1. The third-order valence-electron chi connectivity index (χ3n) is 5.27. The van der Waals surface area contributed by atoms with Crippen molar-refractivity contribution in [1.29, 1.82) is 0 Å². The summed E-state index contributed by atoms with van der Waals surface area (Å²) in [6.07, 6.45) is 2.55. The highest BCUT2D eigenvalue weighted by molar-refractivity contribution is 5.89. The maximum Gasteiger partial charge on any atom is 0.319 e. The number of aromatic nitrogens is 2. The zero-order chi connectivity index (χ0) is 23.2. The fraction of sp³-hybridized carbons (Fsp3) is 0.154. The zero-order valence-electron chi connectivity index (χ0n) is 18.4. The molecule has 0 radical (unpaired) electrons. The number of fused-ring (bicyclic) bond motifs is 1. The number of nitrogens with zero attached hydrogens (tertiary/aromatic N) is 2. The van der Waals surface area contributed by atoms with Crippen molar-refractivity contribution in [3.8, 4) is 22.9 Å². The second-order valence-electron chi connectivity index (χ2n) is 7.72. The van der Waals surface area contributed by atoms with Crippen LogP contribution in [0, 0.1) is 0 Å². The van der Waals surface area contributed by atoms with E-state index in [0.717, 1.165) is 16.9 Å². The van der Waals surface area contributed by atoms with Crippen LogP contribution >= 0.6 is 0 Å². The summed E-state index contributed by atoms with van der Waals surface area (Å²) in [5.74, 6) is 2.08. The van der Waals surface area contributed by atoms with E-state index in [1.165, 1.54) is 0 Å². The lowest BCUT2D eigenvalue weighted by molar-refractivity contribution is 0.173. The zero-order valence-corrected chi connectivity index (χ0v) is 18.4. The van der Waals surface area contributed by atoms with Gasteiger partial charge in [-0.1, -0.05) is 30.3 Å². The molecule has 3 aromatic carbocycles. The number of rotatable bonds is 8. The van der Waals surface area contributed by atoms with E-state index in [4.69, 9.17) is 14.2 Å². The van der Waals surface area contributed by atoms with Crippen LogP contribution in [0.25, 0.3) is 5.69 Å². The Kier molecular flexibility index (Phi) is 6.29. The van der Waals surface area contributed by atoms with Gasteiger partial charge in [0.15, 0.2) is 11.5 Å². The van der Waals surface area contributed by atoms with Crippen LogP contribution in [-0.2, 0) is 13.0 Å². The number of hydrogen-bond acceptors (Lipinski definition) is 5. The van der Waals surface area contributed by atoms with Gasteiger partial charge in [-0.15, -0.1) is 0 Å². The van der Waals surface area contributed by atoms with Crippen molar-refractivity contribution >= 4 is 11.7 Å². The van der Waals surface area contributed by atoms with Crippen LogP contribution in [0.5, 0.6) is 17.2 Å². The average molecular weight is 457 g/mol. The number of hydrogen-bond donors (Lipinski definition) is 2. The molecule has 8 heteroatoms. The number of carbonyl (C=O) groups is 1. The number of benzene rings is 3. The number of para-hydroxylation sites is 1. The molecule has 0 fully saturated rings. The lowest BCUT2D eigenvalue weighted by Gasteiger charge is -2.10. The summed E-state index contributed by atoms with van der Waals surface area (Å²) in [6.45, 7) is 1.07. The first-order valence-electron chi connectivity index (χ1n) is 11.0. The van der Waals surface area contributed by atoms with Crippen molar-refractivity contribution < 1.29 is 19.0 Å². The third kappa shape index (κ3) is 5.29. The summed E-state index contributed by atoms with van der Waals surface area (Å²) < 4.78 is 18.4. The van der Waals surface area contributed by atoms with E-state index in [-0.39, 0.29) is 12.8 Å². The van der Waals surface area contributed by atoms with Gasteiger partial charge in [-0.2, -0.15) is 5.10 Å². The van der Waals surface area contributed by atoms with Crippen molar-refractivity contribution in [2.45, 2.75) is 13.0 Å². The van der Waals surface area contributed by atoms with E-state index < -0.39 is 0 Å². The number of urea groups is 1. The van der Waals surface area contributed by atoms with Gasteiger partial charge in [0.1, 0.15) is 12.4 Å². The van der Waals surface area contributed by atoms with E-state index >= 15 is 0 Å². The first-order chi connectivity index (χ1) is 16.7. The Balaban J connectivity index is 1.09. The lowest BCUT2D eigenvalue weighted by Crippen LogP contribution is -2.30. The Labute approximate surface area is 197 Å². The van der Waals surface area contributed by atoms with E-state index in [1.54, 1.807) is 6.07 Å². The SMILES string of the molecule is O=C(NCCc1ccn(-c2ccccc2)n1)Nc1cccc(COc2ccc3c(c2)OCO3)c1. The number of amides is 2. The Morgan fingerprint density at radius 2 is 1.85 bits per heavy atom. The number of carbonyl (C=O) groups excluding carboxylic acids is 1. The molecule has 2 amide bonds. The van der Waals surface area contributed by atoms with E-state index in [9.17, 15) is 4.79 Å². The normalized spacial score (nSPS) is 11.8. The van der Waals surface area contributed by atoms with Gasteiger partial charge in [0.2, 0.25) is 6.79 Å². The van der Waals surface area contributed by atoms with Crippen molar-refractivity contribution in [3.63, 3.8) is 0 Å². The van der Waals surface area contributed by atoms with Crippen LogP contribution in [0.3, 0.4) is 0 Å². The molecule has 172 valence electrons. The standard InChI is InChI=1S/C26H24N4O4/c31-26(27-13-11-20-12-14-30(29-20)22-7-2-1-3-8-22)28-21-6-4-5-19(15-21)17-32-23-9-10-24-25(16-23)34-18-33-24/h1-10,12,14-16H,11,13,17-18H2,(H2,27,28,31). The van der Waals surface area contributed by atoms with Crippen molar-refractivity contribution in [2.75, 3.05) is 18.7 Å². The molecule has 1 aromatic heterocycles. The second kappa shape index (κ2) is 9.99. The fourth-order valence-electron chi connectivity index (χ4n) is 3.57. The molecule has 2 heterocycles. The molecule has 0 unspecified atom stereocenters. The van der Waals surface area contributed by atoms with Crippen LogP contribution in [0.4, 0.5) is 10.5 Å². The topological polar surface area (TPSA) is 86.6 Å². The molecule has 1 aliphatic rings. The largest absolute Gasteiger partial charge is 0.489 e. The molecular formula is C26H24N4O4. The quantitative estimate of drug-likeness (QED) is 0.406. The van der Waals surface area contributed by atoms with Crippen LogP contribution in [-0.4, -0.2) is 29.1 Å². The maximum atomic E-state index is 12.3. The Hall–Kier alpha value is -4.46. The minimum Gasteiger partial charge on any atom is -0.489 e. The van der Waals surface area contributed by atoms with E-state index in [2.05, 4.69) is 15.7 Å². The summed E-state index contributed by atoms with van der Waals surface area (Å²) in [5, 5.41) is 10.3. The molecule has 34 heavy (non-hydrogen) atoms. The predicted molar refractivity (Wildman–Crippen MR) is 128 cm³/mol. The third-order valence-corrected chi connectivity index (χ3v) is 5.27. The maximum absolute atomic E-state index is 12.3. The Bertz CT molecular complexity index is 1270. The van der Waals surface area contributed by atoms with Gasteiger partial charge in [0, 0.05) is 30.9 Å². The summed E-state index contributed by atoms with van der Waals surface area (Å²) in [6, 6.07) is 24.6. The Morgan fingerprint density at radius 3 is 2.76 bits per heavy atom. The van der Waals surface area contributed by atoms with Crippen LogP contribution in [0.2, 0.25) is 0 Å². The molecule has 0 spiro atoms. The predicted octanol–water partition coefficient (Wildman–Crippen LogP) is 4.54. The molecule has 0 saturated heterocycles. The van der Waals surface area contributed by atoms with Crippen molar-refractivity contribution in [1.82, 2.24) is 15.1 Å². The molecule has 4 aromatic rings. The minimum atomic E-state index is -0.267. The molecule has 0 atom stereocenters. The summed E-state index contributed by atoms with van der Waals surface area (Å²) in [4.78, 5) is 12.3. The first kappa shape index (κ1) is 21.4. The fourth-order valence-corrected chi connectivity index (χ4v) is 3.57. The monoisotopic (exact) mass is 456 g/mol. The van der Waals surface area contributed by atoms with Gasteiger partial charge in [-0.3, -0.25) is 0 Å². The van der Waals surface area contributed by atoms with Crippen LogP contribution in [0.1, 0.15) is 11.3 Å². The van der Waals surface area contributed by atoms with Crippen molar-refractivity contribution in [3.05, 3.63) is 96.3 Å². The van der Waals surface area contributed by atoms with E-state index in [0.29, 0.717) is 42.5 Å². The van der Waals surface area contributed by atoms with E-state index in [1.807, 2.05) is 83.7 Å². The number of nitrogens with one attached hydrogen (secondary N) is 2. The van der Waals surface area contributed by atoms with Gasteiger partial charge < -0.3 is 24.8 Å². The molecule has 1 aliphatic heterocycles. The highest BCUT2D eigenvalue weighted by Crippen LogP contribution is 2.35. The molecule has 8 nitrogen and oxygen atoms in total. The van der Waals surface area contributed by atoms with Gasteiger partial charge in [0.05, 0.1) is 11.4 Å². The molecule has 0 bridgehead atoms. The highest BCUT2D eigenvalue weighted by atomic mass is 16.7. The first-order valence-corrected chi connectivity index (χ1v) is 11.0. The molecular weight excluding hydrogens is 432 g/mol. The smallest absolute Gasteiger partial charge is 0.319 e. The molecule has 0 aliphatic carbocycles. The van der Waals surface area contributed by atoms with Gasteiger partial charge in [-0.05, 0) is 48.0 Å². The lowest BCUT2D eigenvalue weighted by atomic mass is 10.2. The summed E-state index contributed by atoms with van der Waals surface area (Å²) >= 11 is 0. The number of ether oxygens (including phenoxy) is 3. The summed E-state index contributed by atoms with van der Waals surface area (Å²) in [5.41, 5.74) is 3.54.